The largest absolute Gasteiger partial charge is 0.496 e. The Hall–Kier alpha value is -2.40. The van der Waals surface area contributed by atoms with Gasteiger partial charge in [-0.05, 0) is 30.4 Å². The van der Waals surface area contributed by atoms with Crippen LogP contribution in [0, 0.1) is 5.92 Å². The van der Waals surface area contributed by atoms with E-state index in [1.165, 1.54) is 0 Å². The summed E-state index contributed by atoms with van der Waals surface area (Å²) in [6.07, 6.45) is 1.44. The molecule has 3 rings (SSSR count). The average molecular weight is 390 g/mol. The highest BCUT2D eigenvalue weighted by Gasteiger charge is 2.44. The number of hydrogen-bond acceptors (Lipinski definition) is 4. The molecule has 27 heavy (non-hydrogen) atoms. The Morgan fingerprint density at radius 1 is 1.11 bits per heavy atom. The molecule has 144 valence electrons. The van der Waals surface area contributed by atoms with Gasteiger partial charge in [-0.1, -0.05) is 29.8 Å². The highest BCUT2D eigenvalue weighted by Crippen LogP contribution is 2.49. The van der Waals surface area contributed by atoms with Gasteiger partial charge in [0.1, 0.15) is 17.2 Å². The number of benzene rings is 2. The molecule has 0 aliphatic heterocycles. The summed E-state index contributed by atoms with van der Waals surface area (Å²) in [4.78, 5) is 12.5. The lowest BCUT2D eigenvalue weighted by Gasteiger charge is -2.15. The van der Waals surface area contributed by atoms with Crippen molar-refractivity contribution in [2.75, 3.05) is 27.9 Å². The quantitative estimate of drug-likeness (QED) is 0.745. The molecule has 2 atom stereocenters. The number of ether oxygens (including phenoxy) is 3. The maximum atomic E-state index is 12.5. The monoisotopic (exact) mass is 389 g/mol. The zero-order chi connectivity index (χ0) is 19.4. The van der Waals surface area contributed by atoms with E-state index in [4.69, 9.17) is 25.8 Å². The van der Waals surface area contributed by atoms with Crippen LogP contribution in [0.4, 0.5) is 0 Å². The summed E-state index contributed by atoms with van der Waals surface area (Å²) in [7, 11) is 4.81. The highest BCUT2D eigenvalue weighted by atomic mass is 35.5. The van der Waals surface area contributed by atoms with Gasteiger partial charge in [0, 0.05) is 35.2 Å². The standard InChI is InChI=1S/C21H24ClNO4/c1-25-13-10-19(26-2)15(20(11-13)27-3)8-9-23-21(24)17-12-16(17)14-6-4-5-7-18(14)22/h4-7,10-11,16-17H,8-9,12H2,1-3H3,(H,23,24). The molecular weight excluding hydrogens is 366 g/mol. The molecule has 1 aliphatic rings. The van der Waals surface area contributed by atoms with Crippen LogP contribution in [0.2, 0.25) is 5.02 Å². The van der Waals surface area contributed by atoms with Crippen molar-refractivity contribution in [2.45, 2.75) is 18.8 Å². The van der Waals surface area contributed by atoms with E-state index in [-0.39, 0.29) is 17.7 Å². The van der Waals surface area contributed by atoms with E-state index >= 15 is 0 Å². The van der Waals surface area contributed by atoms with Gasteiger partial charge >= 0.3 is 0 Å². The predicted molar refractivity (Wildman–Crippen MR) is 105 cm³/mol. The topological polar surface area (TPSA) is 56.8 Å². The molecule has 2 unspecified atom stereocenters. The van der Waals surface area contributed by atoms with E-state index in [9.17, 15) is 4.79 Å². The van der Waals surface area contributed by atoms with Crippen molar-refractivity contribution in [2.24, 2.45) is 5.92 Å². The smallest absolute Gasteiger partial charge is 0.223 e. The Bertz CT molecular complexity index is 799. The zero-order valence-corrected chi connectivity index (χ0v) is 16.5. The fourth-order valence-electron chi connectivity index (χ4n) is 3.37. The summed E-state index contributed by atoms with van der Waals surface area (Å²) >= 11 is 6.24. The Labute approximate surface area is 164 Å². The van der Waals surface area contributed by atoms with Crippen LogP contribution in [0.15, 0.2) is 36.4 Å². The second-order valence-electron chi connectivity index (χ2n) is 6.52. The number of hydrogen-bond donors (Lipinski definition) is 1. The second-order valence-corrected chi connectivity index (χ2v) is 6.93. The van der Waals surface area contributed by atoms with E-state index in [1.807, 2.05) is 36.4 Å². The summed E-state index contributed by atoms with van der Waals surface area (Å²) in [5, 5.41) is 3.75. The molecule has 2 aromatic rings. The van der Waals surface area contributed by atoms with E-state index in [2.05, 4.69) is 5.32 Å². The Morgan fingerprint density at radius 2 is 1.78 bits per heavy atom. The van der Waals surface area contributed by atoms with Crippen LogP contribution in [0.1, 0.15) is 23.5 Å². The number of methoxy groups -OCH3 is 3. The molecule has 0 aromatic heterocycles. The van der Waals surface area contributed by atoms with E-state index in [0.717, 1.165) is 22.6 Å². The lowest BCUT2D eigenvalue weighted by atomic mass is 10.1. The number of halogens is 1. The van der Waals surface area contributed by atoms with Crippen LogP contribution in [-0.4, -0.2) is 33.8 Å². The van der Waals surface area contributed by atoms with Gasteiger partial charge in [-0.25, -0.2) is 0 Å². The van der Waals surface area contributed by atoms with Crippen LogP contribution < -0.4 is 19.5 Å². The maximum Gasteiger partial charge on any atom is 0.223 e. The summed E-state index contributed by atoms with van der Waals surface area (Å²) < 4.78 is 16.2. The van der Waals surface area contributed by atoms with Crippen LogP contribution in [0.25, 0.3) is 0 Å². The maximum absolute atomic E-state index is 12.5. The Kier molecular flexibility index (Phi) is 6.11. The SMILES string of the molecule is COc1cc(OC)c(CCNC(=O)C2CC2c2ccccc2Cl)c(OC)c1. The number of rotatable bonds is 8. The first-order chi connectivity index (χ1) is 13.1. The molecule has 1 N–H and O–H groups in total. The molecule has 0 radical (unpaired) electrons. The lowest BCUT2D eigenvalue weighted by Crippen LogP contribution is -2.27. The minimum Gasteiger partial charge on any atom is -0.496 e. The third-order valence-electron chi connectivity index (χ3n) is 4.92. The van der Waals surface area contributed by atoms with E-state index in [0.29, 0.717) is 30.2 Å². The van der Waals surface area contributed by atoms with Gasteiger partial charge in [0.05, 0.1) is 21.3 Å². The molecule has 1 amide bonds. The Morgan fingerprint density at radius 3 is 2.37 bits per heavy atom. The van der Waals surface area contributed by atoms with Crippen molar-refractivity contribution in [1.29, 1.82) is 0 Å². The van der Waals surface area contributed by atoms with Crippen molar-refractivity contribution in [1.82, 2.24) is 5.32 Å². The van der Waals surface area contributed by atoms with Crippen LogP contribution >= 0.6 is 11.6 Å². The van der Waals surface area contributed by atoms with Crippen molar-refractivity contribution in [3.63, 3.8) is 0 Å². The molecule has 0 heterocycles. The second kappa shape index (κ2) is 8.53. The van der Waals surface area contributed by atoms with Crippen LogP contribution in [0.5, 0.6) is 17.2 Å². The molecule has 0 spiro atoms. The van der Waals surface area contributed by atoms with Crippen molar-refractivity contribution < 1.29 is 19.0 Å². The number of carbonyl (C=O) groups excluding carboxylic acids is 1. The normalized spacial score (nSPS) is 17.9. The highest BCUT2D eigenvalue weighted by molar-refractivity contribution is 6.31. The number of nitrogens with one attached hydrogen (secondary N) is 1. The van der Waals surface area contributed by atoms with Crippen molar-refractivity contribution in [3.05, 3.63) is 52.5 Å². The molecule has 0 saturated heterocycles. The molecule has 5 nitrogen and oxygen atoms in total. The summed E-state index contributed by atoms with van der Waals surface area (Å²) in [5.74, 6) is 2.29. The third kappa shape index (κ3) is 4.30. The first kappa shape index (κ1) is 19.4. The van der Waals surface area contributed by atoms with Crippen LogP contribution in [-0.2, 0) is 11.2 Å². The zero-order valence-electron chi connectivity index (χ0n) is 15.8. The summed E-state index contributed by atoms with van der Waals surface area (Å²) in [6, 6.07) is 11.3. The minimum absolute atomic E-state index is 0.00967. The minimum atomic E-state index is -0.00967. The van der Waals surface area contributed by atoms with Gasteiger partial charge in [0.25, 0.3) is 0 Å². The van der Waals surface area contributed by atoms with Gasteiger partial charge in [-0.3, -0.25) is 4.79 Å². The fourth-order valence-corrected chi connectivity index (χ4v) is 3.65. The number of amides is 1. The van der Waals surface area contributed by atoms with Gasteiger partial charge in [0.15, 0.2) is 0 Å². The lowest BCUT2D eigenvalue weighted by molar-refractivity contribution is -0.122. The molecule has 0 bridgehead atoms. The molecule has 1 fully saturated rings. The average Bonchev–Trinajstić information content (AvgIpc) is 3.48. The van der Waals surface area contributed by atoms with Crippen molar-refractivity contribution >= 4 is 17.5 Å². The molecule has 1 saturated carbocycles. The van der Waals surface area contributed by atoms with Gasteiger partial charge in [0.2, 0.25) is 5.91 Å². The van der Waals surface area contributed by atoms with E-state index < -0.39 is 0 Å². The first-order valence-electron chi connectivity index (χ1n) is 8.90. The third-order valence-corrected chi connectivity index (χ3v) is 5.27. The van der Waals surface area contributed by atoms with Gasteiger partial charge < -0.3 is 19.5 Å². The van der Waals surface area contributed by atoms with Gasteiger partial charge in [-0.15, -0.1) is 0 Å². The van der Waals surface area contributed by atoms with Crippen molar-refractivity contribution in [3.8, 4) is 17.2 Å². The first-order valence-corrected chi connectivity index (χ1v) is 9.27. The Balaban J connectivity index is 1.59. The fraction of sp³-hybridized carbons (Fsp3) is 0.381. The number of carbonyl (C=O) groups is 1. The van der Waals surface area contributed by atoms with E-state index in [1.54, 1.807) is 21.3 Å². The molecule has 2 aromatic carbocycles. The summed E-state index contributed by atoms with van der Waals surface area (Å²) in [6.45, 7) is 0.504. The summed E-state index contributed by atoms with van der Waals surface area (Å²) in [5.41, 5.74) is 1.96. The van der Waals surface area contributed by atoms with Crippen LogP contribution in [0.3, 0.4) is 0 Å². The molecular formula is C21H24ClNO4. The molecule has 6 heteroatoms. The predicted octanol–water partition coefficient (Wildman–Crippen LogP) is 3.83. The molecule has 1 aliphatic carbocycles. The van der Waals surface area contributed by atoms with Gasteiger partial charge in [-0.2, -0.15) is 0 Å².